The Balaban J connectivity index is 2.25. The van der Waals surface area contributed by atoms with Gasteiger partial charge in [0.05, 0.1) is 5.69 Å². The van der Waals surface area contributed by atoms with Gasteiger partial charge in [-0.3, -0.25) is 5.43 Å². The number of aryl methyl sites for hydroxylation is 1. The van der Waals surface area contributed by atoms with E-state index in [1.165, 1.54) is 36.3 Å². The van der Waals surface area contributed by atoms with Gasteiger partial charge in [-0.2, -0.15) is 0 Å². The normalized spacial score (nSPS) is 17.6. The number of hydrazine groups is 1. The Hall–Kier alpha value is -0.610. The van der Waals surface area contributed by atoms with Crippen LogP contribution in [0.25, 0.3) is 0 Å². The summed E-state index contributed by atoms with van der Waals surface area (Å²) in [5.41, 5.74) is 3.96. The lowest BCUT2D eigenvalue weighted by Gasteiger charge is -2.06. The number of nitrogens with one attached hydrogen (secondary N) is 1. The molecule has 3 nitrogen and oxygen atoms in total. The summed E-state index contributed by atoms with van der Waals surface area (Å²) in [5.74, 6) is 6.08. The van der Waals surface area contributed by atoms with Gasteiger partial charge in [0.15, 0.2) is 5.13 Å². The number of hydrogen-bond donors (Lipinski definition) is 2. The van der Waals surface area contributed by atoms with Crippen LogP contribution in [0.2, 0.25) is 0 Å². The summed E-state index contributed by atoms with van der Waals surface area (Å²) in [7, 11) is 0. The minimum absolute atomic E-state index is 0.697. The van der Waals surface area contributed by atoms with Crippen molar-refractivity contribution in [2.45, 2.75) is 44.9 Å². The van der Waals surface area contributed by atoms with Crippen LogP contribution < -0.4 is 11.3 Å². The number of aromatic nitrogens is 1. The Morgan fingerprint density at radius 3 is 2.79 bits per heavy atom. The fourth-order valence-corrected chi connectivity index (χ4v) is 3.09. The Labute approximate surface area is 88.7 Å². The summed E-state index contributed by atoms with van der Waals surface area (Å²) in [6.07, 6.45) is 6.40. The number of rotatable bonds is 3. The topological polar surface area (TPSA) is 50.9 Å². The molecular formula is C10H17N3S. The standard InChI is InChI=1S/C10H17N3S/c1-2-8-9(7-5-3-4-6-7)12-10(13-11)14-8/h7H,2-6,11H2,1H3,(H,12,13). The van der Waals surface area contributed by atoms with Gasteiger partial charge in [-0.05, 0) is 19.3 Å². The molecule has 3 N–H and O–H groups in total. The second kappa shape index (κ2) is 4.28. The van der Waals surface area contributed by atoms with Crippen LogP contribution >= 0.6 is 11.3 Å². The summed E-state index contributed by atoms with van der Waals surface area (Å²) in [4.78, 5) is 5.97. The molecule has 0 aliphatic heterocycles. The largest absolute Gasteiger partial charge is 0.300 e. The molecule has 0 amide bonds. The lowest BCUT2D eigenvalue weighted by Crippen LogP contribution is -2.06. The van der Waals surface area contributed by atoms with Crippen molar-refractivity contribution in [3.05, 3.63) is 10.6 Å². The number of hydrogen-bond acceptors (Lipinski definition) is 4. The molecule has 78 valence electrons. The van der Waals surface area contributed by atoms with Gasteiger partial charge in [0, 0.05) is 10.8 Å². The van der Waals surface area contributed by atoms with Crippen molar-refractivity contribution >= 4 is 16.5 Å². The monoisotopic (exact) mass is 211 g/mol. The SMILES string of the molecule is CCc1sc(NN)nc1C1CCCC1. The average molecular weight is 211 g/mol. The molecule has 1 aliphatic carbocycles. The molecule has 0 spiro atoms. The Bertz CT molecular complexity index is 302. The van der Waals surface area contributed by atoms with E-state index >= 15 is 0 Å². The molecule has 4 heteroatoms. The van der Waals surface area contributed by atoms with Gasteiger partial charge in [0.25, 0.3) is 0 Å². The van der Waals surface area contributed by atoms with E-state index in [1.54, 1.807) is 11.3 Å². The third-order valence-electron chi connectivity index (χ3n) is 2.91. The zero-order valence-corrected chi connectivity index (χ0v) is 9.36. The van der Waals surface area contributed by atoms with E-state index in [9.17, 15) is 0 Å². The lowest BCUT2D eigenvalue weighted by molar-refractivity contribution is 0.695. The summed E-state index contributed by atoms with van der Waals surface area (Å²) in [6, 6.07) is 0. The fraction of sp³-hybridized carbons (Fsp3) is 0.700. The van der Waals surface area contributed by atoms with Crippen molar-refractivity contribution in [3.8, 4) is 0 Å². The highest BCUT2D eigenvalue weighted by Crippen LogP contribution is 2.38. The molecule has 1 aliphatic rings. The van der Waals surface area contributed by atoms with Crippen LogP contribution in [0.15, 0.2) is 0 Å². The fourth-order valence-electron chi connectivity index (χ4n) is 2.20. The summed E-state index contributed by atoms with van der Waals surface area (Å²) < 4.78 is 0. The van der Waals surface area contributed by atoms with E-state index in [0.717, 1.165) is 11.6 Å². The molecule has 1 aromatic rings. The summed E-state index contributed by atoms with van der Waals surface area (Å²) >= 11 is 1.70. The van der Waals surface area contributed by atoms with Crippen molar-refractivity contribution < 1.29 is 0 Å². The summed E-state index contributed by atoms with van der Waals surface area (Å²) in [6.45, 7) is 2.19. The van der Waals surface area contributed by atoms with Gasteiger partial charge in [-0.25, -0.2) is 10.8 Å². The van der Waals surface area contributed by atoms with Gasteiger partial charge in [0.2, 0.25) is 0 Å². The molecule has 0 atom stereocenters. The van der Waals surface area contributed by atoms with Crippen molar-refractivity contribution in [2.24, 2.45) is 5.84 Å². The van der Waals surface area contributed by atoms with Crippen molar-refractivity contribution in [1.82, 2.24) is 4.98 Å². The van der Waals surface area contributed by atoms with Crippen molar-refractivity contribution in [1.29, 1.82) is 0 Å². The van der Waals surface area contributed by atoms with Crippen LogP contribution in [-0.2, 0) is 6.42 Å². The third-order valence-corrected chi connectivity index (χ3v) is 4.06. The van der Waals surface area contributed by atoms with E-state index in [2.05, 4.69) is 17.3 Å². The Morgan fingerprint density at radius 2 is 2.21 bits per heavy atom. The average Bonchev–Trinajstić information content (AvgIpc) is 2.85. The predicted molar refractivity (Wildman–Crippen MR) is 60.5 cm³/mol. The number of nitrogens with zero attached hydrogens (tertiary/aromatic N) is 1. The molecule has 0 unspecified atom stereocenters. The molecule has 2 rings (SSSR count). The van der Waals surface area contributed by atoms with E-state index < -0.39 is 0 Å². The zero-order chi connectivity index (χ0) is 9.97. The van der Waals surface area contributed by atoms with E-state index in [4.69, 9.17) is 5.84 Å². The second-order valence-electron chi connectivity index (χ2n) is 3.81. The highest BCUT2D eigenvalue weighted by atomic mass is 32.1. The molecule has 1 heterocycles. The first kappa shape index (κ1) is 9.93. The maximum Gasteiger partial charge on any atom is 0.197 e. The van der Waals surface area contributed by atoms with Crippen molar-refractivity contribution in [2.75, 3.05) is 5.43 Å². The number of nitrogens with two attached hydrogens (primary N) is 1. The number of thiazole rings is 1. The van der Waals surface area contributed by atoms with Gasteiger partial charge in [-0.1, -0.05) is 19.8 Å². The molecule has 14 heavy (non-hydrogen) atoms. The third kappa shape index (κ3) is 1.77. The maximum atomic E-state index is 5.38. The lowest BCUT2D eigenvalue weighted by atomic mass is 10.0. The molecule has 1 aromatic heterocycles. The molecule has 0 radical (unpaired) electrons. The Kier molecular flexibility index (Phi) is 3.03. The first-order valence-corrected chi connectivity index (χ1v) is 6.13. The quantitative estimate of drug-likeness (QED) is 0.597. The maximum absolute atomic E-state index is 5.38. The highest BCUT2D eigenvalue weighted by Gasteiger charge is 2.22. The van der Waals surface area contributed by atoms with Gasteiger partial charge < -0.3 is 0 Å². The second-order valence-corrected chi connectivity index (χ2v) is 4.89. The molecule has 0 aromatic carbocycles. The van der Waals surface area contributed by atoms with Gasteiger partial charge in [-0.15, -0.1) is 11.3 Å². The van der Waals surface area contributed by atoms with Crippen LogP contribution in [0.4, 0.5) is 5.13 Å². The zero-order valence-electron chi connectivity index (χ0n) is 8.55. The van der Waals surface area contributed by atoms with E-state index in [1.807, 2.05) is 0 Å². The minimum atomic E-state index is 0.697. The minimum Gasteiger partial charge on any atom is -0.300 e. The van der Waals surface area contributed by atoms with Crippen LogP contribution in [0, 0.1) is 0 Å². The van der Waals surface area contributed by atoms with Gasteiger partial charge in [0.1, 0.15) is 0 Å². The van der Waals surface area contributed by atoms with Gasteiger partial charge >= 0.3 is 0 Å². The molecule has 1 fully saturated rings. The number of anilines is 1. The highest BCUT2D eigenvalue weighted by molar-refractivity contribution is 7.15. The smallest absolute Gasteiger partial charge is 0.197 e. The molecular weight excluding hydrogens is 194 g/mol. The number of nitrogen functional groups attached to an aromatic ring is 1. The van der Waals surface area contributed by atoms with Crippen LogP contribution in [0.3, 0.4) is 0 Å². The van der Waals surface area contributed by atoms with Crippen LogP contribution in [-0.4, -0.2) is 4.98 Å². The molecule has 0 bridgehead atoms. The molecule has 1 saturated carbocycles. The first-order chi connectivity index (χ1) is 6.85. The molecule has 0 saturated heterocycles. The van der Waals surface area contributed by atoms with E-state index in [0.29, 0.717) is 5.92 Å². The predicted octanol–water partition coefficient (Wildman–Crippen LogP) is 2.65. The van der Waals surface area contributed by atoms with Crippen LogP contribution in [0.1, 0.15) is 49.1 Å². The summed E-state index contributed by atoms with van der Waals surface area (Å²) in [5, 5.41) is 0.865. The van der Waals surface area contributed by atoms with Crippen LogP contribution in [0.5, 0.6) is 0 Å². The van der Waals surface area contributed by atoms with E-state index in [-0.39, 0.29) is 0 Å². The first-order valence-electron chi connectivity index (χ1n) is 5.31. The van der Waals surface area contributed by atoms with Crippen molar-refractivity contribution in [3.63, 3.8) is 0 Å². The Morgan fingerprint density at radius 1 is 1.50 bits per heavy atom.